The van der Waals surface area contributed by atoms with Crippen molar-refractivity contribution in [1.29, 1.82) is 0 Å². The molecule has 0 saturated carbocycles. The predicted octanol–water partition coefficient (Wildman–Crippen LogP) is -0.325. The normalized spacial score (nSPS) is 16.9. The van der Waals surface area contributed by atoms with Gasteiger partial charge in [-0.05, 0) is 13.3 Å². The molecule has 0 aromatic rings. The number of aliphatic hydroxyl groups is 1. The Morgan fingerprint density at radius 3 is 2.33 bits per heavy atom. The highest BCUT2D eigenvalue weighted by molar-refractivity contribution is 5.88. The van der Waals surface area contributed by atoms with Crippen molar-refractivity contribution in [1.82, 2.24) is 0 Å². The molecule has 0 aliphatic rings. The van der Waals surface area contributed by atoms with E-state index in [0.717, 1.165) is 0 Å². The van der Waals surface area contributed by atoms with Gasteiger partial charge in [0.05, 0.1) is 6.54 Å². The van der Waals surface area contributed by atoms with Crippen molar-refractivity contribution in [2.45, 2.75) is 25.9 Å². The lowest BCUT2D eigenvalue weighted by Gasteiger charge is -2.17. The van der Waals surface area contributed by atoms with Gasteiger partial charge >= 0.3 is 0 Å². The molecule has 3 heteroatoms. The van der Waals surface area contributed by atoms with Crippen molar-refractivity contribution in [3.8, 4) is 0 Å². The van der Waals surface area contributed by atoms with Crippen LogP contribution >= 0.6 is 0 Å². The Labute approximate surface area is 54.9 Å². The van der Waals surface area contributed by atoms with Gasteiger partial charge in [-0.1, -0.05) is 6.92 Å². The summed E-state index contributed by atoms with van der Waals surface area (Å²) in [4.78, 5) is 10.7. The summed E-state index contributed by atoms with van der Waals surface area (Å²) in [5.41, 5.74) is 3.81. The zero-order valence-electron chi connectivity index (χ0n) is 5.85. The molecule has 0 heterocycles. The molecule has 3 nitrogen and oxygen atoms in total. The molecule has 0 spiro atoms. The van der Waals surface area contributed by atoms with E-state index in [2.05, 4.69) is 0 Å². The number of hydrogen-bond acceptors (Lipinski definition) is 3. The lowest BCUT2D eigenvalue weighted by molar-refractivity contribution is -0.134. The Morgan fingerprint density at radius 2 is 2.22 bits per heavy atom. The van der Waals surface area contributed by atoms with E-state index < -0.39 is 5.60 Å². The third-order valence-corrected chi connectivity index (χ3v) is 1.47. The minimum Gasteiger partial charge on any atom is -0.382 e. The van der Waals surface area contributed by atoms with Crippen LogP contribution in [0.25, 0.3) is 0 Å². The van der Waals surface area contributed by atoms with Gasteiger partial charge < -0.3 is 10.8 Å². The maximum absolute atomic E-state index is 10.7. The van der Waals surface area contributed by atoms with Gasteiger partial charge in [-0.25, -0.2) is 0 Å². The zero-order valence-corrected chi connectivity index (χ0v) is 5.85. The van der Waals surface area contributed by atoms with E-state index in [1.165, 1.54) is 6.92 Å². The average molecular weight is 131 g/mol. The Kier molecular flexibility index (Phi) is 2.81. The molecular weight excluding hydrogens is 118 g/mol. The van der Waals surface area contributed by atoms with Gasteiger partial charge in [-0.15, -0.1) is 0 Å². The smallest absolute Gasteiger partial charge is 0.177 e. The molecule has 0 amide bonds. The van der Waals surface area contributed by atoms with Crippen LogP contribution < -0.4 is 5.73 Å². The summed E-state index contributed by atoms with van der Waals surface area (Å²) in [6, 6.07) is 0. The zero-order chi connectivity index (χ0) is 7.49. The fourth-order valence-electron chi connectivity index (χ4n) is 0.417. The number of hydrogen-bond donors (Lipinski definition) is 2. The van der Waals surface area contributed by atoms with Crippen molar-refractivity contribution in [3.63, 3.8) is 0 Å². The number of ketones is 1. The molecule has 1 atom stereocenters. The maximum Gasteiger partial charge on any atom is 0.177 e. The van der Waals surface area contributed by atoms with Crippen LogP contribution in [0, 0.1) is 0 Å². The summed E-state index contributed by atoms with van der Waals surface area (Å²) in [6.07, 6.45) is 0.420. The minimum absolute atomic E-state index is 0.0825. The molecular formula is C6H13NO2. The van der Waals surface area contributed by atoms with Crippen LogP contribution in [-0.2, 0) is 4.79 Å². The molecule has 0 unspecified atom stereocenters. The molecule has 3 N–H and O–H groups in total. The Hall–Kier alpha value is -0.410. The van der Waals surface area contributed by atoms with E-state index >= 15 is 0 Å². The Morgan fingerprint density at radius 1 is 1.78 bits per heavy atom. The van der Waals surface area contributed by atoms with E-state index in [1.807, 2.05) is 0 Å². The molecule has 0 aromatic carbocycles. The van der Waals surface area contributed by atoms with E-state index in [1.54, 1.807) is 6.92 Å². The summed E-state index contributed by atoms with van der Waals surface area (Å²) >= 11 is 0. The summed E-state index contributed by atoms with van der Waals surface area (Å²) in [5, 5.41) is 9.16. The van der Waals surface area contributed by atoms with Crippen LogP contribution in [0.3, 0.4) is 0 Å². The van der Waals surface area contributed by atoms with Crippen LogP contribution in [0.4, 0.5) is 0 Å². The first kappa shape index (κ1) is 8.59. The number of carbonyl (C=O) groups excluding carboxylic acids is 1. The van der Waals surface area contributed by atoms with Crippen LogP contribution in [0.2, 0.25) is 0 Å². The average Bonchev–Trinajstić information content (AvgIpc) is 1.86. The molecule has 0 aliphatic heterocycles. The van der Waals surface area contributed by atoms with Crippen molar-refractivity contribution in [3.05, 3.63) is 0 Å². The fourth-order valence-corrected chi connectivity index (χ4v) is 0.417. The first-order valence-corrected chi connectivity index (χ1v) is 3.00. The molecule has 0 radical (unpaired) electrons. The number of nitrogens with two attached hydrogens (primary N) is 1. The van der Waals surface area contributed by atoms with Crippen molar-refractivity contribution >= 4 is 5.78 Å². The SMILES string of the molecule is CC[C@@](C)(O)C(=O)CN. The van der Waals surface area contributed by atoms with Gasteiger partial charge in [-0.3, -0.25) is 4.79 Å². The van der Waals surface area contributed by atoms with Gasteiger partial charge in [0, 0.05) is 0 Å². The number of Topliss-reactive ketones (excluding diaryl/α,β-unsaturated/α-hetero) is 1. The van der Waals surface area contributed by atoms with Crippen molar-refractivity contribution < 1.29 is 9.90 Å². The highest BCUT2D eigenvalue weighted by Gasteiger charge is 2.25. The van der Waals surface area contributed by atoms with Crippen molar-refractivity contribution in [2.75, 3.05) is 6.54 Å². The lowest BCUT2D eigenvalue weighted by atomic mass is 9.98. The molecule has 54 valence electrons. The summed E-state index contributed by atoms with van der Waals surface area (Å²) in [7, 11) is 0. The first-order valence-electron chi connectivity index (χ1n) is 3.00. The molecule has 0 bridgehead atoms. The second kappa shape index (κ2) is 2.94. The Balaban J connectivity index is 3.97. The van der Waals surface area contributed by atoms with Crippen LogP contribution in [0.1, 0.15) is 20.3 Å². The second-order valence-corrected chi connectivity index (χ2v) is 2.25. The molecule has 0 saturated heterocycles. The molecule has 0 aromatic heterocycles. The van der Waals surface area contributed by atoms with E-state index in [-0.39, 0.29) is 12.3 Å². The van der Waals surface area contributed by atoms with Crippen LogP contribution in [0.15, 0.2) is 0 Å². The van der Waals surface area contributed by atoms with E-state index in [9.17, 15) is 4.79 Å². The maximum atomic E-state index is 10.7. The monoisotopic (exact) mass is 131 g/mol. The molecule has 0 rings (SSSR count). The quantitative estimate of drug-likeness (QED) is 0.551. The lowest BCUT2D eigenvalue weighted by Crippen LogP contribution is -2.38. The third kappa shape index (κ3) is 2.11. The van der Waals surface area contributed by atoms with Gasteiger partial charge in [0.25, 0.3) is 0 Å². The fraction of sp³-hybridized carbons (Fsp3) is 0.833. The topological polar surface area (TPSA) is 63.3 Å². The molecule has 9 heavy (non-hydrogen) atoms. The number of carbonyl (C=O) groups is 1. The number of rotatable bonds is 3. The Bertz CT molecular complexity index is 110. The van der Waals surface area contributed by atoms with Crippen LogP contribution in [0.5, 0.6) is 0 Å². The predicted molar refractivity (Wildman–Crippen MR) is 35.0 cm³/mol. The van der Waals surface area contributed by atoms with E-state index in [0.29, 0.717) is 6.42 Å². The summed E-state index contributed by atoms with van der Waals surface area (Å²) in [6.45, 7) is 3.14. The van der Waals surface area contributed by atoms with Gasteiger partial charge in [0.1, 0.15) is 5.60 Å². The van der Waals surface area contributed by atoms with Gasteiger partial charge in [0.15, 0.2) is 5.78 Å². The first-order chi connectivity index (χ1) is 4.04. The molecule has 0 aliphatic carbocycles. The largest absolute Gasteiger partial charge is 0.382 e. The minimum atomic E-state index is -1.21. The highest BCUT2D eigenvalue weighted by Crippen LogP contribution is 2.07. The third-order valence-electron chi connectivity index (χ3n) is 1.47. The van der Waals surface area contributed by atoms with Crippen molar-refractivity contribution in [2.24, 2.45) is 5.73 Å². The second-order valence-electron chi connectivity index (χ2n) is 2.25. The van der Waals surface area contributed by atoms with Gasteiger partial charge in [-0.2, -0.15) is 0 Å². The standard InChI is InChI=1S/C6H13NO2/c1-3-6(2,9)5(8)4-7/h9H,3-4,7H2,1-2H3/t6-/m1/s1. The summed E-state index contributed by atoms with van der Waals surface area (Å²) < 4.78 is 0. The summed E-state index contributed by atoms with van der Waals surface area (Å²) in [5.74, 6) is -0.301. The van der Waals surface area contributed by atoms with Gasteiger partial charge in [0.2, 0.25) is 0 Å². The molecule has 0 fully saturated rings. The van der Waals surface area contributed by atoms with E-state index in [4.69, 9.17) is 10.8 Å². The van der Waals surface area contributed by atoms with Crippen LogP contribution in [-0.4, -0.2) is 23.0 Å². The highest BCUT2D eigenvalue weighted by atomic mass is 16.3.